The van der Waals surface area contributed by atoms with Gasteiger partial charge in [-0.25, -0.2) is 8.42 Å². The maximum Gasteiger partial charge on any atom is 3.00 e. The minimum Gasteiger partial charge on any atom is -0.871 e. The molecule has 0 aliphatic heterocycles. The Hall–Kier alpha value is -7.06. The first-order chi connectivity index (χ1) is 25.6. The van der Waals surface area contributed by atoms with Gasteiger partial charge in [0.1, 0.15) is 21.5 Å². The first kappa shape index (κ1) is 40.7. The molecular formula is C32H23CrN10O11S. The number of hydrogen-bond acceptors (Lipinski definition) is 15. The number of para-hydroxylation sites is 2. The van der Waals surface area contributed by atoms with Gasteiger partial charge in [0, 0.05) is 35.6 Å². The largest absolute Gasteiger partial charge is 3.00 e. The number of rotatable bonds is 9. The van der Waals surface area contributed by atoms with Crippen LogP contribution >= 0.6 is 0 Å². The molecule has 0 saturated carbocycles. The zero-order chi connectivity index (χ0) is 39.3. The van der Waals surface area contributed by atoms with Crippen LogP contribution in [0.5, 0.6) is 11.5 Å². The van der Waals surface area contributed by atoms with Gasteiger partial charge in [-0.05, 0) is 24.3 Å². The molecule has 4 aromatic carbocycles. The van der Waals surface area contributed by atoms with Crippen molar-refractivity contribution in [1.82, 2.24) is 19.6 Å². The molecule has 1 radical (unpaired) electrons. The number of nitro groups is 2. The van der Waals surface area contributed by atoms with Crippen LogP contribution in [0.4, 0.5) is 34.1 Å². The SMILES string of the molecule is Cc1[n-]n(-c2ccccc2)c(=O)c1N=Nc1cc([N+](=O)[O-])cc(S(=O)(=O)[O-])c1[O-].Cc1[n-]n(-c2ccccc2)c(=O)c1N=Nc1cc([N+](=O)[O-])ccc1[O-].[Cr+3].[H+].[H+]. The van der Waals surface area contributed by atoms with E-state index in [1.54, 1.807) is 61.5 Å². The number of hydrogen-bond donors (Lipinski definition) is 0. The zero-order valence-electron chi connectivity index (χ0n) is 29.9. The second-order valence-corrected chi connectivity index (χ2v) is 12.1. The van der Waals surface area contributed by atoms with Crippen molar-refractivity contribution in [3.63, 3.8) is 0 Å². The van der Waals surface area contributed by atoms with Crippen LogP contribution in [0.15, 0.2) is 126 Å². The normalized spacial score (nSPS) is 11.3. The summed E-state index contributed by atoms with van der Waals surface area (Å²) in [5, 5.41) is 68.4. The molecule has 0 atom stereocenters. The molecule has 0 saturated heterocycles. The van der Waals surface area contributed by atoms with Gasteiger partial charge < -0.3 is 34.3 Å². The Kier molecular flexibility index (Phi) is 12.4. The van der Waals surface area contributed by atoms with Crippen LogP contribution in [0.1, 0.15) is 14.2 Å². The van der Waals surface area contributed by atoms with E-state index in [-0.39, 0.29) is 48.7 Å². The van der Waals surface area contributed by atoms with Crippen LogP contribution in [-0.2, 0) is 27.5 Å². The first-order valence-electron chi connectivity index (χ1n) is 14.9. The number of nitro benzene ring substituents is 2. The molecule has 279 valence electrons. The van der Waals surface area contributed by atoms with Crippen LogP contribution in [-0.4, -0.2) is 32.2 Å². The molecule has 0 amide bonds. The van der Waals surface area contributed by atoms with E-state index in [9.17, 15) is 53.0 Å². The van der Waals surface area contributed by atoms with Crippen molar-refractivity contribution in [2.45, 2.75) is 18.7 Å². The van der Waals surface area contributed by atoms with Crippen molar-refractivity contribution >= 4 is 44.2 Å². The van der Waals surface area contributed by atoms with Gasteiger partial charge >= 0.3 is 20.2 Å². The number of azo groups is 2. The number of aryl methyl sites for hydroxylation is 2. The second kappa shape index (κ2) is 16.7. The maximum atomic E-state index is 12.5. The maximum absolute atomic E-state index is 12.5. The van der Waals surface area contributed by atoms with Crippen molar-refractivity contribution in [2.75, 3.05) is 0 Å². The van der Waals surface area contributed by atoms with Crippen molar-refractivity contribution in [2.24, 2.45) is 20.5 Å². The molecule has 2 aromatic heterocycles. The van der Waals surface area contributed by atoms with Crippen LogP contribution in [0.25, 0.3) is 11.4 Å². The van der Waals surface area contributed by atoms with Crippen LogP contribution in [0.3, 0.4) is 0 Å². The van der Waals surface area contributed by atoms with E-state index in [0.717, 1.165) is 22.9 Å². The van der Waals surface area contributed by atoms with E-state index in [0.29, 0.717) is 29.2 Å². The molecule has 0 N–H and O–H groups in total. The quantitative estimate of drug-likeness (QED) is 0.0860. The van der Waals surface area contributed by atoms with Crippen molar-refractivity contribution in [3.8, 4) is 22.9 Å². The molecule has 0 aliphatic carbocycles. The molecule has 0 aliphatic rings. The van der Waals surface area contributed by atoms with E-state index < -0.39 is 58.9 Å². The summed E-state index contributed by atoms with van der Waals surface area (Å²) in [5.41, 5.74) is -2.09. The predicted octanol–water partition coefficient (Wildman–Crippen LogP) is 4.13. The van der Waals surface area contributed by atoms with E-state index in [1.807, 2.05) is 6.07 Å². The van der Waals surface area contributed by atoms with E-state index in [1.165, 1.54) is 11.6 Å². The van der Waals surface area contributed by atoms with Crippen molar-refractivity contribution < 1.29 is 53.2 Å². The van der Waals surface area contributed by atoms with Gasteiger partial charge in [0.25, 0.3) is 22.5 Å². The smallest absolute Gasteiger partial charge is 0.871 e. The van der Waals surface area contributed by atoms with Gasteiger partial charge in [0.15, 0.2) is 0 Å². The summed E-state index contributed by atoms with van der Waals surface area (Å²) in [5.74, 6) is -1.90. The number of non-ortho nitro benzene ring substituents is 2. The third-order valence-electron chi connectivity index (χ3n) is 7.15. The average molecular weight is 808 g/mol. The average Bonchev–Trinajstić information content (AvgIpc) is 3.59. The van der Waals surface area contributed by atoms with Gasteiger partial charge in [0.05, 0.1) is 26.1 Å². The Morgan fingerprint density at radius 2 is 1.09 bits per heavy atom. The molecule has 55 heavy (non-hydrogen) atoms. The molecule has 6 aromatic rings. The topological polar surface area (TPSA) is 311 Å². The fraction of sp³-hybridized carbons (Fsp3) is 0.0625. The van der Waals surface area contributed by atoms with Crippen LogP contribution < -0.4 is 31.5 Å². The Morgan fingerprint density at radius 3 is 1.53 bits per heavy atom. The summed E-state index contributed by atoms with van der Waals surface area (Å²) in [6.07, 6.45) is 0. The number of nitrogens with zero attached hydrogens (tertiary/aromatic N) is 10. The Balaban J connectivity index is 0.000000377. The Morgan fingerprint density at radius 1 is 0.655 bits per heavy atom. The summed E-state index contributed by atoms with van der Waals surface area (Å²) < 4.78 is 35.8. The molecular weight excluding hydrogens is 784 g/mol. The van der Waals surface area contributed by atoms with Crippen molar-refractivity contribution in [1.29, 1.82) is 0 Å². The first-order valence-corrected chi connectivity index (χ1v) is 16.4. The Labute approximate surface area is 321 Å². The molecule has 6 rings (SSSR count). The molecule has 23 heteroatoms. The van der Waals surface area contributed by atoms with Gasteiger partial charge in [-0.1, -0.05) is 67.8 Å². The van der Waals surface area contributed by atoms with E-state index >= 15 is 0 Å². The second-order valence-electron chi connectivity index (χ2n) is 10.8. The van der Waals surface area contributed by atoms with E-state index in [2.05, 4.69) is 30.7 Å². The summed E-state index contributed by atoms with van der Waals surface area (Å²) >= 11 is 0. The summed E-state index contributed by atoms with van der Waals surface area (Å²) in [6, 6.07) is 21.2. The van der Waals surface area contributed by atoms with Gasteiger partial charge in [-0.2, -0.15) is 10.2 Å². The van der Waals surface area contributed by atoms with Crippen molar-refractivity contribution in [3.05, 3.63) is 143 Å². The van der Waals surface area contributed by atoms with Gasteiger partial charge in [-0.3, -0.25) is 29.8 Å². The molecule has 0 fully saturated rings. The fourth-order valence-corrected chi connectivity index (χ4v) is 5.16. The third kappa shape index (κ3) is 9.12. The third-order valence-corrected chi connectivity index (χ3v) is 7.99. The van der Waals surface area contributed by atoms with Crippen LogP contribution in [0.2, 0.25) is 0 Å². The standard InChI is InChI=1S/C16H13N5O7S.C16H13N5O4.Cr/c1-9-14(16(23)20(19-9)10-5-3-2-4-6-10)18-17-12-7-11(21(24)25)8-13(15(12)22)29(26,27)28;1-10-15(16(23)20(19-10)11-5-3-2-4-6-11)18-17-13-9-12(21(24)25)7-8-14(13)22;/h2-8H,1H3,(H3,17,18,19,22,23,26,27,28);2-9H,1H3,(H2,17,18,19,22,23);/q;;+3/p-3. The van der Waals surface area contributed by atoms with Gasteiger partial charge in [0.2, 0.25) is 0 Å². The molecule has 21 nitrogen and oxygen atoms in total. The molecule has 0 spiro atoms. The predicted molar refractivity (Wildman–Crippen MR) is 184 cm³/mol. The minimum atomic E-state index is -5.29. The monoisotopic (exact) mass is 807 g/mol. The van der Waals surface area contributed by atoms with Crippen LogP contribution in [0, 0.1) is 34.1 Å². The molecule has 0 bridgehead atoms. The molecule has 2 heterocycles. The van der Waals surface area contributed by atoms with E-state index in [4.69, 9.17) is 0 Å². The minimum absolute atomic E-state index is 0. The summed E-state index contributed by atoms with van der Waals surface area (Å²) in [7, 11) is -5.29. The number of aromatic nitrogens is 4. The summed E-state index contributed by atoms with van der Waals surface area (Å²) in [6.45, 7) is 3.04. The number of benzene rings is 4. The summed E-state index contributed by atoms with van der Waals surface area (Å²) in [4.78, 5) is 43.7. The molecule has 0 unspecified atom stereocenters. The van der Waals surface area contributed by atoms with Gasteiger partial charge in [-0.15, -0.1) is 21.6 Å². The zero-order valence-corrected chi connectivity index (χ0v) is 30.0. The Bertz CT molecular complexity index is 2700. The fourth-order valence-electron chi connectivity index (χ4n) is 4.56.